The summed E-state index contributed by atoms with van der Waals surface area (Å²) in [4.78, 5) is 0. The molecular weight excluding hydrogens is 294 g/mol. The van der Waals surface area contributed by atoms with Gasteiger partial charge in [-0.25, -0.2) is 0 Å². The van der Waals surface area contributed by atoms with Crippen LogP contribution < -0.4 is 29.6 Å². The van der Waals surface area contributed by atoms with E-state index in [1.165, 1.54) is 68.6 Å². The van der Waals surface area contributed by atoms with E-state index in [1.54, 1.807) is 0 Å². The summed E-state index contributed by atoms with van der Waals surface area (Å²) < 4.78 is 1.34. The Hall–Kier alpha value is 1.73. The minimum absolute atomic E-state index is 0. The molecule has 0 N–H and O–H groups in total. The molecule has 82 valence electrons. The van der Waals surface area contributed by atoms with Crippen LogP contribution in [-0.4, -0.2) is 4.43 Å². The van der Waals surface area contributed by atoms with E-state index in [0.29, 0.717) is 0 Å². The Balaban J connectivity index is -0.000000720. The molecule has 0 fully saturated rings. The van der Waals surface area contributed by atoms with E-state index in [-0.39, 0.29) is 31.0 Å². The molecule has 0 amide bonds. The normalized spacial score (nSPS) is 9.86. The van der Waals surface area contributed by atoms with Gasteiger partial charge < -0.3 is 1.43 Å². The van der Waals surface area contributed by atoms with Crippen molar-refractivity contribution in [1.29, 1.82) is 0 Å². The van der Waals surface area contributed by atoms with Crippen LogP contribution in [0, 0.1) is 0 Å². The third-order valence-corrected chi connectivity index (χ3v) is 3.25. The molecule has 0 heterocycles. The maximum Gasteiger partial charge on any atom is 1.00 e. The molecule has 0 atom stereocenters. The Morgan fingerprint density at radius 1 is 0.714 bits per heavy atom. The summed E-state index contributed by atoms with van der Waals surface area (Å²) in [5, 5.41) is 0. The fourth-order valence-corrected chi connectivity index (χ4v) is 2.12. The molecular formula is C12H26INa. The molecule has 0 aliphatic rings. The van der Waals surface area contributed by atoms with Crippen molar-refractivity contribution in [2.45, 2.75) is 71.1 Å². The van der Waals surface area contributed by atoms with E-state index in [9.17, 15) is 0 Å². The Morgan fingerprint density at radius 3 is 1.43 bits per heavy atom. The largest absolute Gasteiger partial charge is 1.00 e. The van der Waals surface area contributed by atoms with Crippen molar-refractivity contribution in [3.63, 3.8) is 0 Å². The quantitative estimate of drug-likeness (QED) is 0.251. The monoisotopic (exact) mass is 320 g/mol. The maximum atomic E-state index is 2.47. The first-order valence-corrected chi connectivity index (χ1v) is 7.50. The fraction of sp³-hybridized carbons (Fsp3) is 1.00. The molecule has 0 nitrogen and oxygen atoms in total. The number of hydrogen-bond donors (Lipinski definition) is 0. The van der Waals surface area contributed by atoms with E-state index in [1.807, 2.05) is 0 Å². The van der Waals surface area contributed by atoms with E-state index in [0.717, 1.165) is 0 Å². The molecule has 0 aliphatic heterocycles. The fourth-order valence-electron chi connectivity index (χ4n) is 1.58. The van der Waals surface area contributed by atoms with Gasteiger partial charge in [0.15, 0.2) is 0 Å². The molecule has 2 heteroatoms. The van der Waals surface area contributed by atoms with Gasteiger partial charge in [0.2, 0.25) is 0 Å². The van der Waals surface area contributed by atoms with Crippen LogP contribution >= 0.6 is 22.6 Å². The molecule has 0 aliphatic carbocycles. The zero-order chi connectivity index (χ0) is 9.78. The van der Waals surface area contributed by atoms with Crippen molar-refractivity contribution >= 4 is 22.6 Å². The Labute approximate surface area is 128 Å². The van der Waals surface area contributed by atoms with Crippen LogP contribution in [0.4, 0.5) is 0 Å². The van der Waals surface area contributed by atoms with Crippen molar-refractivity contribution in [2.75, 3.05) is 4.43 Å². The predicted molar refractivity (Wildman–Crippen MR) is 71.8 cm³/mol. The van der Waals surface area contributed by atoms with E-state index >= 15 is 0 Å². The molecule has 0 spiro atoms. The zero-order valence-electron chi connectivity index (χ0n) is 11.2. The smallest absolute Gasteiger partial charge is 1.00 e. The maximum absolute atomic E-state index is 2.47. The number of rotatable bonds is 10. The molecule has 0 unspecified atom stereocenters. The first-order chi connectivity index (χ1) is 6.41. The molecule has 0 aromatic heterocycles. The summed E-state index contributed by atoms with van der Waals surface area (Å²) in [6, 6.07) is 0. The van der Waals surface area contributed by atoms with Crippen LogP contribution in [-0.2, 0) is 0 Å². The van der Waals surface area contributed by atoms with Crippen molar-refractivity contribution < 1.29 is 31.0 Å². The van der Waals surface area contributed by atoms with Gasteiger partial charge in [-0.1, -0.05) is 87.3 Å². The summed E-state index contributed by atoms with van der Waals surface area (Å²) in [6.07, 6.45) is 14.5. The van der Waals surface area contributed by atoms with Crippen molar-refractivity contribution in [1.82, 2.24) is 0 Å². The standard InChI is InChI=1S/C12H25I.Na.H/c1-2-3-4-5-6-7-8-9-10-11-12-13;;/h2-12H2,1H3;;/q;+1;-1. The van der Waals surface area contributed by atoms with Gasteiger partial charge in [0, 0.05) is 0 Å². The molecule has 0 bridgehead atoms. The van der Waals surface area contributed by atoms with Crippen LogP contribution in [0.2, 0.25) is 0 Å². The minimum atomic E-state index is 0. The second-order valence-electron chi connectivity index (χ2n) is 3.87. The second kappa shape index (κ2) is 17.1. The number of halogens is 1. The van der Waals surface area contributed by atoms with Gasteiger partial charge in [-0.2, -0.15) is 0 Å². The summed E-state index contributed by atoms with van der Waals surface area (Å²) in [6.45, 7) is 2.28. The van der Waals surface area contributed by atoms with Gasteiger partial charge in [-0.05, 0) is 10.8 Å². The molecule has 0 rings (SSSR count). The summed E-state index contributed by atoms with van der Waals surface area (Å²) in [5.74, 6) is 0. The van der Waals surface area contributed by atoms with Gasteiger partial charge in [-0.3, -0.25) is 0 Å². The summed E-state index contributed by atoms with van der Waals surface area (Å²) in [7, 11) is 0. The minimum Gasteiger partial charge on any atom is -1.00 e. The van der Waals surface area contributed by atoms with E-state index in [4.69, 9.17) is 0 Å². The van der Waals surface area contributed by atoms with Crippen LogP contribution in [0.3, 0.4) is 0 Å². The average molecular weight is 320 g/mol. The van der Waals surface area contributed by atoms with E-state index in [2.05, 4.69) is 29.5 Å². The van der Waals surface area contributed by atoms with Gasteiger partial charge >= 0.3 is 29.6 Å². The van der Waals surface area contributed by atoms with Gasteiger partial charge in [-0.15, -0.1) is 0 Å². The molecule has 0 aromatic rings. The summed E-state index contributed by atoms with van der Waals surface area (Å²) >= 11 is 2.47. The zero-order valence-corrected chi connectivity index (χ0v) is 14.3. The molecule has 0 saturated carbocycles. The van der Waals surface area contributed by atoms with Crippen molar-refractivity contribution in [3.05, 3.63) is 0 Å². The van der Waals surface area contributed by atoms with Crippen LogP contribution in [0.25, 0.3) is 0 Å². The Kier molecular flexibility index (Phi) is 22.2. The molecule has 14 heavy (non-hydrogen) atoms. The number of hydrogen-bond acceptors (Lipinski definition) is 0. The number of unbranched alkanes of at least 4 members (excludes halogenated alkanes) is 9. The Morgan fingerprint density at radius 2 is 1.07 bits per heavy atom. The molecule has 0 saturated heterocycles. The van der Waals surface area contributed by atoms with Crippen molar-refractivity contribution in [2.24, 2.45) is 0 Å². The molecule has 0 aromatic carbocycles. The van der Waals surface area contributed by atoms with Crippen LogP contribution in [0.1, 0.15) is 72.6 Å². The third kappa shape index (κ3) is 16.2. The van der Waals surface area contributed by atoms with Gasteiger partial charge in [0.25, 0.3) is 0 Å². The van der Waals surface area contributed by atoms with Crippen molar-refractivity contribution in [3.8, 4) is 0 Å². The molecule has 0 radical (unpaired) electrons. The van der Waals surface area contributed by atoms with Gasteiger partial charge in [0.05, 0.1) is 0 Å². The van der Waals surface area contributed by atoms with Crippen LogP contribution in [0.15, 0.2) is 0 Å². The number of alkyl halides is 1. The predicted octanol–water partition coefficient (Wildman–Crippen LogP) is 2.46. The second-order valence-corrected chi connectivity index (χ2v) is 4.95. The average Bonchev–Trinajstić information content (AvgIpc) is 2.16. The topological polar surface area (TPSA) is 0 Å². The van der Waals surface area contributed by atoms with E-state index < -0.39 is 0 Å². The van der Waals surface area contributed by atoms with Gasteiger partial charge in [0.1, 0.15) is 0 Å². The first kappa shape index (κ1) is 18.1. The third-order valence-electron chi connectivity index (χ3n) is 2.49. The summed E-state index contributed by atoms with van der Waals surface area (Å²) in [5.41, 5.74) is 0. The Bertz CT molecular complexity index is 81.7. The SMILES string of the molecule is CCCCCCCCCCCCI.[H-].[Na+]. The first-order valence-electron chi connectivity index (χ1n) is 5.97. The van der Waals surface area contributed by atoms with Crippen LogP contribution in [0.5, 0.6) is 0 Å².